The van der Waals surface area contributed by atoms with Gasteiger partial charge in [-0.05, 0) is 78.1 Å². The van der Waals surface area contributed by atoms with Gasteiger partial charge < -0.3 is 14.8 Å². The van der Waals surface area contributed by atoms with Crippen LogP contribution < -0.4 is 4.90 Å². The third-order valence-corrected chi connectivity index (χ3v) is 8.07. The topological polar surface area (TPSA) is 40.5 Å². The first kappa shape index (κ1) is 19.6. The summed E-state index contributed by atoms with van der Waals surface area (Å²) < 4.78 is 0. The van der Waals surface area contributed by atoms with Gasteiger partial charge in [0.1, 0.15) is 12.0 Å². The lowest BCUT2D eigenvalue weighted by Crippen LogP contribution is -2.62. The Morgan fingerprint density at radius 3 is 2.38 bits per heavy atom. The molecule has 3 aromatic rings. The smallest absolute Gasteiger partial charge is 0.123 e. The number of carbonyl (C=O) groups is 1. The second-order valence-corrected chi connectivity index (χ2v) is 10.2. The summed E-state index contributed by atoms with van der Waals surface area (Å²) in [4.78, 5) is 13.4. The molecule has 1 aliphatic heterocycles. The Morgan fingerprint density at radius 2 is 1.66 bits per heavy atom. The van der Waals surface area contributed by atoms with Gasteiger partial charge in [0.25, 0.3) is 0 Å². The second-order valence-electron chi connectivity index (χ2n) is 10.2. The number of aldehydes is 1. The summed E-state index contributed by atoms with van der Waals surface area (Å²) in [5, 5.41) is 10.0. The Hall–Kier alpha value is -3.07. The van der Waals surface area contributed by atoms with Crippen LogP contribution in [0.5, 0.6) is 5.75 Å². The number of aryl methyl sites for hydroxylation is 1. The van der Waals surface area contributed by atoms with Crippen molar-refractivity contribution in [1.29, 1.82) is 0 Å². The van der Waals surface area contributed by atoms with Crippen molar-refractivity contribution >= 4 is 12.0 Å². The predicted molar refractivity (Wildman–Crippen MR) is 127 cm³/mol. The number of hydrogen-bond acceptors (Lipinski definition) is 3. The molecule has 1 heterocycles. The zero-order valence-corrected chi connectivity index (χ0v) is 18.3. The number of rotatable bonds is 4. The molecule has 0 radical (unpaired) electrons. The molecule has 6 rings (SSSR count). The van der Waals surface area contributed by atoms with E-state index in [2.05, 4.69) is 65.6 Å². The molecule has 2 fully saturated rings. The standard InChI is InChI=1S/C29H29NO2/c31-17-20-15-29(16-20)18-30(19-29)24-9-6-22(7-10-24)28-26(21-4-2-1-3-5-21)12-8-23-14-25(32)11-13-27(23)28/h1-7,9-11,13-14,17,20,26,28,32H,8,12,15-16,18-19H2/t26-,28+/m1/s1. The highest BCUT2D eigenvalue weighted by Gasteiger charge is 2.52. The molecule has 1 saturated carbocycles. The van der Waals surface area contributed by atoms with Crippen LogP contribution in [0, 0.1) is 11.3 Å². The lowest BCUT2D eigenvalue weighted by atomic mass is 9.58. The van der Waals surface area contributed by atoms with Crippen LogP contribution in [0.25, 0.3) is 0 Å². The molecular formula is C29H29NO2. The predicted octanol–water partition coefficient (Wildman–Crippen LogP) is 5.67. The summed E-state index contributed by atoms with van der Waals surface area (Å²) in [5.41, 5.74) is 7.02. The fraction of sp³-hybridized carbons (Fsp3) is 0.345. The van der Waals surface area contributed by atoms with Crippen molar-refractivity contribution < 1.29 is 9.90 Å². The lowest BCUT2D eigenvalue weighted by molar-refractivity contribution is -0.118. The normalized spacial score (nSPS) is 23.8. The van der Waals surface area contributed by atoms with Crippen molar-refractivity contribution in [3.63, 3.8) is 0 Å². The van der Waals surface area contributed by atoms with Gasteiger partial charge in [-0.1, -0.05) is 48.5 Å². The van der Waals surface area contributed by atoms with E-state index >= 15 is 0 Å². The molecule has 0 aromatic heterocycles. The van der Waals surface area contributed by atoms with Crippen molar-refractivity contribution in [2.75, 3.05) is 18.0 Å². The average Bonchev–Trinajstić information content (AvgIpc) is 2.77. The molecule has 2 atom stereocenters. The highest BCUT2D eigenvalue weighted by Crippen LogP contribution is 2.52. The van der Waals surface area contributed by atoms with E-state index in [-0.39, 0.29) is 0 Å². The van der Waals surface area contributed by atoms with Crippen LogP contribution >= 0.6 is 0 Å². The molecule has 1 spiro atoms. The van der Waals surface area contributed by atoms with Gasteiger partial charge in [-0.25, -0.2) is 0 Å². The molecule has 3 heteroatoms. The maximum Gasteiger partial charge on any atom is 0.123 e. The van der Waals surface area contributed by atoms with Gasteiger partial charge in [-0.15, -0.1) is 0 Å². The molecule has 0 bridgehead atoms. The summed E-state index contributed by atoms with van der Waals surface area (Å²) >= 11 is 0. The molecule has 2 aliphatic carbocycles. The van der Waals surface area contributed by atoms with Crippen LogP contribution in [0.4, 0.5) is 5.69 Å². The first-order chi connectivity index (χ1) is 15.6. The number of benzene rings is 3. The minimum atomic E-state index is 0.290. The second kappa shape index (κ2) is 7.51. The van der Waals surface area contributed by atoms with Crippen LogP contribution in [0.1, 0.15) is 53.4 Å². The Labute approximate surface area is 189 Å². The lowest BCUT2D eigenvalue weighted by Gasteiger charge is -2.59. The number of phenols is 1. The van der Waals surface area contributed by atoms with E-state index in [0.717, 1.165) is 45.1 Å². The largest absolute Gasteiger partial charge is 0.508 e. The molecular weight excluding hydrogens is 394 g/mol. The highest BCUT2D eigenvalue weighted by molar-refractivity contribution is 5.59. The maximum absolute atomic E-state index is 11.0. The van der Waals surface area contributed by atoms with Gasteiger partial charge in [0.05, 0.1) is 0 Å². The van der Waals surface area contributed by atoms with Gasteiger partial charge >= 0.3 is 0 Å². The fourth-order valence-electron chi connectivity index (χ4n) is 6.52. The van der Waals surface area contributed by atoms with Crippen LogP contribution in [-0.2, 0) is 11.2 Å². The summed E-state index contributed by atoms with van der Waals surface area (Å²) in [6, 6.07) is 25.9. The summed E-state index contributed by atoms with van der Waals surface area (Å²) in [6.45, 7) is 2.16. The van der Waals surface area contributed by atoms with E-state index in [4.69, 9.17) is 0 Å². The molecule has 3 aromatic carbocycles. The number of nitrogens with zero attached hydrogens (tertiary/aromatic N) is 1. The number of hydrogen-bond donors (Lipinski definition) is 1. The quantitative estimate of drug-likeness (QED) is 0.550. The molecule has 3 aliphatic rings. The molecule has 1 N–H and O–H groups in total. The number of phenolic OH excluding ortho intramolecular Hbond substituents is 1. The van der Waals surface area contributed by atoms with Crippen LogP contribution in [0.2, 0.25) is 0 Å². The van der Waals surface area contributed by atoms with Crippen molar-refractivity contribution in [3.8, 4) is 5.75 Å². The van der Waals surface area contributed by atoms with E-state index in [1.807, 2.05) is 12.1 Å². The Bertz CT molecular complexity index is 1120. The van der Waals surface area contributed by atoms with Gasteiger partial charge in [-0.2, -0.15) is 0 Å². The summed E-state index contributed by atoms with van der Waals surface area (Å²) in [6.07, 6.45) is 5.34. The minimum Gasteiger partial charge on any atom is -0.508 e. The van der Waals surface area contributed by atoms with E-state index in [1.54, 1.807) is 0 Å². The third-order valence-electron chi connectivity index (χ3n) is 8.07. The zero-order chi connectivity index (χ0) is 21.7. The third kappa shape index (κ3) is 3.23. The molecule has 162 valence electrons. The van der Waals surface area contributed by atoms with Crippen LogP contribution in [0.3, 0.4) is 0 Å². The number of fused-ring (bicyclic) bond motifs is 1. The Morgan fingerprint density at radius 1 is 0.906 bits per heavy atom. The van der Waals surface area contributed by atoms with Crippen molar-refractivity contribution in [1.82, 2.24) is 0 Å². The Balaban J connectivity index is 1.28. The molecule has 0 amide bonds. The maximum atomic E-state index is 11.0. The molecule has 1 saturated heterocycles. The van der Waals surface area contributed by atoms with Gasteiger partial charge in [0.15, 0.2) is 0 Å². The molecule has 3 nitrogen and oxygen atoms in total. The number of anilines is 1. The number of aromatic hydroxyl groups is 1. The Kier molecular flexibility index (Phi) is 4.60. The van der Waals surface area contributed by atoms with Gasteiger partial charge in [-0.3, -0.25) is 0 Å². The first-order valence-corrected chi connectivity index (χ1v) is 11.8. The van der Waals surface area contributed by atoms with Crippen LogP contribution in [0.15, 0.2) is 72.8 Å². The first-order valence-electron chi connectivity index (χ1n) is 11.8. The van der Waals surface area contributed by atoms with E-state index in [9.17, 15) is 9.90 Å². The van der Waals surface area contributed by atoms with Crippen molar-refractivity contribution in [3.05, 3.63) is 95.1 Å². The average molecular weight is 424 g/mol. The van der Waals surface area contributed by atoms with Gasteiger partial charge in [0.2, 0.25) is 0 Å². The minimum absolute atomic E-state index is 0.290. The van der Waals surface area contributed by atoms with Gasteiger partial charge in [0, 0.05) is 36.0 Å². The molecule has 32 heavy (non-hydrogen) atoms. The van der Waals surface area contributed by atoms with E-state index in [0.29, 0.717) is 28.9 Å². The molecule has 0 unspecified atom stereocenters. The van der Waals surface area contributed by atoms with Crippen molar-refractivity contribution in [2.45, 2.75) is 37.5 Å². The monoisotopic (exact) mass is 423 g/mol. The fourth-order valence-corrected chi connectivity index (χ4v) is 6.52. The van der Waals surface area contributed by atoms with E-state index in [1.165, 1.54) is 27.9 Å². The number of carbonyl (C=O) groups excluding carboxylic acids is 1. The summed E-state index contributed by atoms with van der Waals surface area (Å²) in [5.74, 6) is 1.37. The summed E-state index contributed by atoms with van der Waals surface area (Å²) in [7, 11) is 0. The highest BCUT2D eigenvalue weighted by atomic mass is 16.3. The van der Waals surface area contributed by atoms with Crippen LogP contribution in [-0.4, -0.2) is 24.5 Å². The van der Waals surface area contributed by atoms with Crippen molar-refractivity contribution in [2.24, 2.45) is 11.3 Å². The SMILES string of the molecule is O=CC1CC2(C1)CN(c1ccc([C@@H]3c4ccc(O)cc4CC[C@@H]3c3ccccc3)cc1)C2. The van der Waals surface area contributed by atoms with E-state index < -0.39 is 0 Å². The zero-order valence-electron chi connectivity index (χ0n) is 18.3.